The fourth-order valence-corrected chi connectivity index (χ4v) is 8.79. The Morgan fingerprint density at radius 2 is 0.646 bits per heavy atom. The summed E-state index contributed by atoms with van der Waals surface area (Å²) in [7, 11) is 0. The van der Waals surface area contributed by atoms with Crippen molar-refractivity contribution >= 4 is 5.91 Å². The molecular weight excluding hydrogens is 795 g/mol. The summed E-state index contributed by atoms with van der Waals surface area (Å²) in [5.41, 5.74) is 0. The Morgan fingerprint density at radius 3 is 1.00 bits per heavy atom. The number of aliphatic hydroxyl groups is 2. The molecule has 0 saturated carbocycles. The molecule has 0 aromatic rings. The van der Waals surface area contributed by atoms with Gasteiger partial charge in [0.15, 0.2) is 0 Å². The molecule has 2 unspecified atom stereocenters. The monoisotopic (exact) mass is 908 g/mol. The number of nitrogens with one attached hydrogen (secondary N) is 1. The van der Waals surface area contributed by atoms with Gasteiger partial charge >= 0.3 is 0 Å². The molecule has 0 aromatic heterocycles. The second-order valence-electron chi connectivity index (χ2n) is 19.7. The van der Waals surface area contributed by atoms with Crippen molar-refractivity contribution in [3.63, 3.8) is 0 Å². The molecule has 4 heteroatoms. The van der Waals surface area contributed by atoms with E-state index in [1.807, 2.05) is 6.08 Å². The number of allylic oxidation sites excluding steroid dienone is 9. The van der Waals surface area contributed by atoms with Gasteiger partial charge in [-0.1, -0.05) is 286 Å². The average molecular weight is 909 g/mol. The highest BCUT2D eigenvalue weighted by Crippen LogP contribution is 2.17. The van der Waals surface area contributed by atoms with E-state index in [-0.39, 0.29) is 12.5 Å². The number of amides is 1. The Kier molecular flexibility index (Phi) is 54.8. The zero-order chi connectivity index (χ0) is 47.0. The number of hydrogen-bond acceptors (Lipinski definition) is 3. The maximum Gasteiger partial charge on any atom is 0.220 e. The van der Waals surface area contributed by atoms with Crippen molar-refractivity contribution in [1.29, 1.82) is 0 Å². The molecule has 380 valence electrons. The number of hydrogen-bond donors (Lipinski definition) is 3. The van der Waals surface area contributed by atoms with Crippen LogP contribution in [0.1, 0.15) is 303 Å². The normalized spacial score (nSPS) is 13.2. The molecule has 0 radical (unpaired) electrons. The van der Waals surface area contributed by atoms with Crippen LogP contribution >= 0.6 is 0 Å². The van der Waals surface area contributed by atoms with Crippen LogP contribution in [0.3, 0.4) is 0 Å². The van der Waals surface area contributed by atoms with Crippen molar-refractivity contribution in [2.24, 2.45) is 0 Å². The van der Waals surface area contributed by atoms with Crippen molar-refractivity contribution in [1.82, 2.24) is 5.32 Å². The molecule has 0 saturated heterocycles. The Hall–Kier alpha value is -1.91. The van der Waals surface area contributed by atoms with Gasteiger partial charge in [-0.15, -0.1) is 0 Å². The minimum Gasteiger partial charge on any atom is -0.394 e. The average Bonchev–Trinajstić information content (AvgIpc) is 3.31. The number of unbranched alkanes of at least 4 members (excludes halogenated alkanes) is 38. The summed E-state index contributed by atoms with van der Waals surface area (Å²) in [6, 6.07) is -0.641. The van der Waals surface area contributed by atoms with Crippen molar-refractivity contribution in [2.75, 3.05) is 6.61 Å². The summed E-state index contributed by atoms with van der Waals surface area (Å²) in [4.78, 5) is 12.5. The van der Waals surface area contributed by atoms with E-state index in [0.717, 1.165) is 44.9 Å². The number of carbonyl (C=O) groups excluding carboxylic acids is 1. The quantitative estimate of drug-likeness (QED) is 0.0421. The summed E-state index contributed by atoms with van der Waals surface area (Å²) >= 11 is 0. The second-order valence-corrected chi connectivity index (χ2v) is 19.7. The van der Waals surface area contributed by atoms with E-state index in [0.29, 0.717) is 6.42 Å². The summed E-state index contributed by atoms with van der Waals surface area (Å²) in [5.74, 6) is -0.0714. The van der Waals surface area contributed by atoms with Crippen LogP contribution < -0.4 is 5.32 Å². The van der Waals surface area contributed by atoms with E-state index >= 15 is 0 Å². The fraction of sp³-hybridized carbons (Fsp3) is 0.820. The molecule has 1 amide bonds. The molecule has 0 aliphatic heterocycles. The first-order chi connectivity index (χ1) is 32.2. The minimum absolute atomic E-state index is 0.0714. The molecule has 0 spiro atoms. The summed E-state index contributed by atoms with van der Waals surface area (Å²) in [6.45, 7) is 4.31. The molecule has 0 aromatic carbocycles. The van der Waals surface area contributed by atoms with E-state index < -0.39 is 12.1 Å². The van der Waals surface area contributed by atoms with Gasteiger partial charge in [-0.05, 0) is 70.6 Å². The maximum atomic E-state index is 12.5. The molecule has 0 aliphatic rings. The third-order valence-electron chi connectivity index (χ3n) is 13.2. The molecular formula is C61H113NO3. The minimum atomic E-state index is -0.864. The third kappa shape index (κ3) is 52.9. The summed E-state index contributed by atoms with van der Waals surface area (Å²) < 4.78 is 0. The van der Waals surface area contributed by atoms with Crippen LogP contribution in [0.25, 0.3) is 0 Å². The largest absolute Gasteiger partial charge is 0.394 e. The fourth-order valence-electron chi connectivity index (χ4n) is 8.79. The Bertz CT molecular complexity index is 1070. The van der Waals surface area contributed by atoms with E-state index in [1.54, 1.807) is 6.08 Å². The van der Waals surface area contributed by atoms with Gasteiger partial charge < -0.3 is 15.5 Å². The van der Waals surface area contributed by atoms with E-state index in [4.69, 9.17) is 0 Å². The molecule has 0 aliphatic carbocycles. The Morgan fingerprint density at radius 1 is 0.369 bits per heavy atom. The van der Waals surface area contributed by atoms with Crippen LogP contribution in [0.5, 0.6) is 0 Å². The molecule has 65 heavy (non-hydrogen) atoms. The van der Waals surface area contributed by atoms with Crippen molar-refractivity contribution in [3.05, 3.63) is 60.8 Å². The van der Waals surface area contributed by atoms with E-state index in [9.17, 15) is 15.0 Å². The first-order valence-electron chi connectivity index (χ1n) is 29.0. The van der Waals surface area contributed by atoms with Crippen LogP contribution in [0.15, 0.2) is 60.8 Å². The first kappa shape index (κ1) is 63.1. The molecule has 0 fully saturated rings. The Balaban J connectivity index is 3.52. The zero-order valence-electron chi connectivity index (χ0n) is 43.8. The van der Waals surface area contributed by atoms with Gasteiger partial charge in [0, 0.05) is 6.42 Å². The maximum absolute atomic E-state index is 12.5. The van der Waals surface area contributed by atoms with Crippen LogP contribution in [0.2, 0.25) is 0 Å². The molecule has 4 nitrogen and oxygen atoms in total. The van der Waals surface area contributed by atoms with Crippen molar-refractivity contribution in [3.8, 4) is 0 Å². The molecule has 0 heterocycles. The third-order valence-corrected chi connectivity index (χ3v) is 13.2. The van der Waals surface area contributed by atoms with Crippen molar-refractivity contribution < 1.29 is 15.0 Å². The van der Waals surface area contributed by atoms with E-state index in [2.05, 4.69) is 67.8 Å². The van der Waals surface area contributed by atoms with Crippen molar-refractivity contribution in [2.45, 2.75) is 315 Å². The van der Waals surface area contributed by atoms with Gasteiger partial charge in [0.25, 0.3) is 0 Å². The summed E-state index contributed by atoms with van der Waals surface area (Å²) in [5, 5.41) is 23.2. The topological polar surface area (TPSA) is 69.6 Å². The Labute approximate surface area is 406 Å². The molecule has 3 N–H and O–H groups in total. The van der Waals surface area contributed by atoms with Crippen LogP contribution in [-0.2, 0) is 4.79 Å². The van der Waals surface area contributed by atoms with E-state index in [1.165, 1.54) is 238 Å². The van der Waals surface area contributed by atoms with Gasteiger partial charge in [-0.3, -0.25) is 4.79 Å². The smallest absolute Gasteiger partial charge is 0.220 e. The highest BCUT2D eigenvalue weighted by atomic mass is 16.3. The predicted octanol–water partition coefficient (Wildman–Crippen LogP) is 19.2. The predicted molar refractivity (Wildman–Crippen MR) is 290 cm³/mol. The lowest BCUT2D eigenvalue weighted by Crippen LogP contribution is -2.45. The lowest BCUT2D eigenvalue weighted by Gasteiger charge is -2.19. The molecule has 0 rings (SSSR count). The highest BCUT2D eigenvalue weighted by molar-refractivity contribution is 5.76. The SMILES string of the molecule is CCCCCCC/C=C\C/C=C\C/C=C\CCCCCCCCCCCCCCCCCCC(=O)NC(CO)C(O)/C=C/CC/C=C/CCCCCCCCCCCCCCCCCC. The number of rotatable bonds is 53. The van der Waals surface area contributed by atoms with Gasteiger partial charge in [0.05, 0.1) is 18.8 Å². The lowest BCUT2D eigenvalue weighted by molar-refractivity contribution is -0.123. The second kappa shape index (κ2) is 56.4. The van der Waals surface area contributed by atoms with Gasteiger partial charge in [0.2, 0.25) is 5.91 Å². The van der Waals surface area contributed by atoms with Gasteiger partial charge in [-0.2, -0.15) is 0 Å². The standard InChI is InChI=1S/C61H113NO3/c1-3-5-7-9-11-13-15-17-19-21-23-25-27-28-29-30-31-32-33-34-35-37-39-41-43-45-47-49-51-53-55-57-61(65)62-59(58-63)60(64)56-54-52-50-48-46-44-42-40-38-36-26-24-22-20-18-16-14-12-10-8-6-4-2/h15,17,21,23,27-28,46,48,54,56,59-60,63-64H,3-14,16,18-20,22,24-26,29-45,47,49-53,55,57-58H2,1-2H3,(H,62,65)/b17-15-,23-21-,28-27-,48-46+,56-54+. The summed E-state index contributed by atoms with van der Waals surface area (Å²) in [6.07, 6.45) is 79.6. The van der Waals surface area contributed by atoms with Crippen LogP contribution in [0.4, 0.5) is 0 Å². The first-order valence-corrected chi connectivity index (χ1v) is 29.0. The number of aliphatic hydroxyl groups excluding tert-OH is 2. The van der Waals surface area contributed by atoms with Gasteiger partial charge in [0.1, 0.15) is 0 Å². The lowest BCUT2D eigenvalue weighted by atomic mass is 10.0. The molecule has 2 atom stereocenters. The molecule has 0 bridgehead atoms. The zero-order valence-corrected chi connectivity index (χ0v) is 43.8. The van der Waals surface area contributed by atoms with Crippen LogP contribution in [-0.4, -0.2) is 34.9 Å². The van der Waals surface area contributed by atoms with Crippen LogP contribution in [0, 0.1) is 0 Å². The number of carbonyl (C=O) groups is 1. The highest BCUT2D eigenvalue weighted by Gasteiger charge is 2.18. The van der Waals surface area contributed by atoms with Gasteiger partial charge in [-0.25, -0.2) is 0 Å².